The van der Waals surface area contributed by atoms with Crippen LogP contribution in [0, 0.1) is 5.82 Å². The van der Waals surface area contributed by atoms with Crippen LogP contribution in [0.1, 0.15) is 30.3 Å². The van der Waals surface area contributed by atoms with Crippen LogP contribution in [-0.2, 0) is 6.54 Å². The molecule has 1 unspecified atom stereocenters. The normalized spacial score (nSPS) is 18.9. The van der Waals surface area contributed by atoms with Crippen molar-refractivity contribution in [2.75, 3.05) is 13.3 Å². The maximum atomic E-state index is 13.0. The predicted octanol–water partition coefficient (Wildman–Crippen LogP) is 3.34. The molecule has 0 radical (unpaired) electrons. The Morgan fingerprint density at radius 1 is 1.15 bits per heavy atom. The van der Waals surface area contributed by atoms with Gasteiger partial charge in [-0.25, -0.2) is 9.37 Å². The summed E-state index contributed by atoms with van der Waals surface area (Å²) in [5.41, 5.74) is 1.64. The molecular formula is C19H17FN4O3. The van der Waals surface area contributed by atoms with Gasteiger partial charge in [0.15, 0.2) is 11.5 Å². The van der Waals surface area contributed by atoms with E-state index >= 15 is 0 Å². The minimum atomic E-state index is -0.395. The summed E-state index contributed by atoms with van der Waals surface area (Å²) >= 11 is 0. The van der Waals surface area contributed by atoms with Crippen LogP contribution in [0.2, 0.25) is 0 Å². The predicted molar refractivity (Wildman–Crippen MR) is 92.4 cm³/mol. The molecule has 1 atom stereocenters. The van der Waals surface area contributed by atoms with Gasteiger partial charge in [-0.15, -0.1) is 0 Å². The summed E-state index contributed by atoms with van der Waals surface area (Å²) in [6, 6.07) is 8.93. The smallest absolute Gasteiger partial charge is 0.244 e. The summed E-state index contributed by atoms with van der Waals surface area (Å²) < 4.78 is 29.4. The van der Waals surface area contributed by atoms with E-state index in [9.17, 15) is 4.39 Å². The Balaban J connectivity index is 1.34. The zero-order chi connectivity index (χ0) is 18.2. The molecule has 7 nitrogen and oxygen atoms in total. The summed E-state index contributed by atoms with van der Waals surface area (Å²) in [4.78, 5) is 10.8. The standard InChI is InChI=1S/C19H17FN4O3/c20-13-4-5-14(21-9-13)18-22-19(27-23-18)15-2-1-7-24(15)10-12-3-6-16-17(8-12)26-11-25-16/h3-6,8-9,15H,1-2,7,10-11H2. The van der Waals surface area contributed by atoms with Gasteiger partial charge in [-0.05, 0) is 49.2 Å². The van der Waals surface area contributed by atoms with Gasteiger partial charge in [0.25, 0.3) is 0 Å². The molecule has 3 aromatic rings. The van der Waals surface area contributed by atoms with Gasteiger partial charge in [0, 0.05) is 6.54 Å². The maximum Gasteiger partial charge on any atom is 0.244 e. The second-order valence-electron chi connectivity index (χ2n) is 6.63. The largest absolute Gasteiger partial charge is 0.454 e. The first-order valence-corrected chi connectivity index (χ1v) is 8.84. The van der Waals surface area contributed by atoms with Gasteiger partial charge in [0.05, 0.1) is 12.2 Å². The Morgan fingerprint density at radius 3 is 2.96 bits per heavy atom. The van der Waals surface area contributed by atoms with E-state index in [1.807, 2.05) is 18.2 Å². The maximum absolute atomic E-state index is 13.0. The Morgan fingerprint density at radius 2 is 2.07 bits per heavy atom. The molecule has 0 saturated carbocycles. The van der Waals surface area contributed by atoms with Crippen molar-refractivity contribution < 1.29 is 18.4 Å². The van der Waals surface area contributed by atoms with E-state index < -0.39 is 5.82 Å². The summed E-state index contributed by atoms with van der Waals surface area (Å²) in [6.07, 6.45) is 3.15. The average molecular weight is 368 g/mol. The number of benzene rings is 1. The van der Waals surface area contributed by atoms with Crippen molar-refractivity contribution in [1.82, 2.24) is 20.0 Å². The molecule has 8 heteroatoms. The molecule has 0 spiro atoms. The van der Waals surface area contributed by atoms with E-state index in [-0.39, 0.29) is 12.8 Å². The van der Waals surface area contributed by atoms with Gasteiger partial charge in [0.2, 0.25) is 18.5 Å². The molecule has 138 valence electrons. The highest BCUT2D eigenvalue weighted by molar-refractivity contribution is 5.47. The second-order valence-corrected chi connectivity index (χ2v) is 6.63. The molecular weight excluding hydrogens is 351 g/mol. The molecule has 0 amide bonds. The highest BCUT2D eigenvalue weighted by atomic mass is 19.1. The van der Waals surface area contributed by atoms with Crippen molar-refractivity contribution in [3.63, 3.8) is 0 Å². The van der Waals surface area contributed by atoms with Crippen LogP contribution in [0.4, 0.5) is 4.39 Å². The molecule has 1 fully saturated rings. The van der Waals surface area contributed by atoms with Gasteiger partial charge < -0.3 is 14.0 Å². The van der Waals surface area contributed by atoms with Crippen molar-refractivity contribution in [2.45, 2.75) is 25.4 Å². The van der Waals surface area contributed by atoms with E-state index in [1.54, 1.807) is 6.07 Å². The van der Waals surface area contributed by atoms with Crippen molar-refractivity contribution >= 4 is 0 Å². The molecule has 0 aliphatic carbocycles. The second kappa shape index (κ2) is 6.62. The topological polar surface area (TPSA) is 73.5 Å². The van der Waals surface area contributed by atoms with Crippen molar-refractivity contribution in [3.05, 3.63) is 53.8 Å². The minimum absolute atomic E-state index is 0.0529. The van der Waals surface area contributed by atoms with Crippen molar-refractivity contribution in [2.24, 2.45) is 0 Å². The lowest BCUT2D eigenvalue weighted by atomic mass is 10.1. The number of likely N-dealkylation sites (tertiary alicyclic amines) is 1. The third kappa shape index (κ3) is 3.12. The number of hydrogen-bond acceptors (Lipinski definition) is 7. The van der Waals surface area contributed by atoms with E-state index in [0.717, 1.165) is 49.2 Å². The SMILES string of the molecule is Fc1ccc(-c2noc(C3CCCN3Cc3ccc4c(c3)OCO4)n2)nc1. The number of fused-ring (bicyclic) bond motifs is 1. The third-order valence-corrected chi connectivity index (χ3v) is 4.87. The lowest BCUT2D eigenvalue weighted by Gasteiger charge is -2.21. The molecule has 5 rings (SSSR count). The quantitative estimate of drug-likeness (QED) is 0.699. The lowest BCUT2D eigenvalue weighted by Crippen LogP contribution is -2.23. The molecule has 2 aliphatic heterocycles. The summed E-state index contributed by atoms with van der Waals surface area (Å²) in [5.74, 6) is 2.11. The summed E-state index contributed by atoms with van der Waals surface area (Å²) in [5, 5.41) is 4.02. The van der Waals surface area contributed by atoms with Crippen LogP contribution in [0.25, 0.3) is 11.5 Å². The number of nitrogens with zero attached hydrogens (tertiary/aromatic N) is 4. The molecule has 0 bridgehead atoms. The van der Waals surface area contributed by atoms with Gasteiger partial charge in [-0.2, -0.15) is 4.98 Å². The third-order valence-electron chi connectivity index (χ3n) is 4.87. The van der Waals surface area contributed by atoms with Crippen LogP contribution < -0.4 is 9.47 Å². The molecule has 1 saturated heterocycles. The first-order valence-electron chi connectivity index (χ1n) is 8.84. The average Bonchev–Trinajstić information content (AvgIpc) is 3.42. The van der Waals surface area contributed by atoms with Crippen LogP contribution in [-0.4, -0.2) is 33.4 Å². The van der Waals surface area contributed by atoms with E-state index in [2.05, 4.69) is 20.0 Å². The van der Waals surface area contributed by atoms with E-state index in [0.29, 0.717) is 17.4 Å². The fourth-order valence-corrected chi connectivity index (χ4v) is 3.55. The minimum Gasteiger partial charge on any atom is -0.454 e. The molecule has 27 heavy (non-hydrogen) atoms. The van der Waals surface area contributed by atoms with Gasteiger partial charge >= 0.3 is 0 Å². The molecule has 1 aromatic carbocycles. The van der Waals surface area contributed by atoms with Crippen LogP contribution >= 0.6 is 0 Å². The zero-order valence-electron chi connectivity index (χ0n) is 14.5. The van der Waals surface area contributed by atoms with Crippen LogP contribution in [0.3, 0.4) is 0 Å². The fraction of sp³-hybridized carbons (Fsp3) is 0.316. The van der Waals surface area contributed by atoms with E-state index in [1.165, 1.54) is 6.07 Å². The first-order chi connectivity index (χ1) is 13.3. The molecule has 2 aliphatic rings. The highest BCUT2D eigenvalue weighted by Gasteiger charge is 2.31. The molecule has 0 N–H and O–H groups in total. The summed E-state index contributed by atoms with van der Waals surface area (Å²) in [7, 11) is 0. The van der Waals surface area contributed by atoms with Gasteiger partial charge in [-0.1, -0.05) is 11.2 Å². The van der Waals surface area contributed by atoms with Gasteiger partial charge in [-0.3, -0.25) is 4.90 Å². The Labute approximate surface area is 154 Å². The lowest BCUT2D eigenvalue weighted by molar-refractivity contribution is 0.173. The van der Waals surface area contributed by atoms with Crippen molar-refractivity contribution in [1.29, 1.82) is 0 Å². The van der Waals surface area contributed by atoms with Crippen LogP contribution in [0.5, 0.6) is 11.5 Å². The fourth-order valence-electron chi connectivity index (χ4n) is 3.55. The molecule has 2 aromatic heterocycles. The Hall–Kier alpha value is -3.00. The van der Waals surface area contributed by atoms with Crippen LogP contribution in [0.15, 0.2) is 41.1 Å². The van der Waals surface area contributed by atoms with Gasteiger partial charge in [0.1, 0.15) is 11.5 Å². The van der Waals surface area contributed by atoms with Crippen molar-refractivity contribution in [3.8, 4) is 23.0 Å². The Kier molecular flexibility index (Phi) is 3.97. The highest BCUT2D eigenvalue weighted by Crippen LogP contribution is 2.36. The number of aromatic nitrogens is 3. The Bertz CT molecular complexity index is 960. The molecule has 4 heterocycles. The first kappa shape index (κ1) is 16.2. The number of rotatable bonds is 4. The van der Waals surface area contributed by atoms with E-state index in [4.69, 9.17) is 14.0 Å². The zero-order valence-corrected chi connectivity index (χ0v) is 14.5. The number of halogens is 1. The number of ether oxygens (including phenoxy) is 2. The number of pyridine rings is 1. The summed E-state index contributed by atoms with van der Waals surface area (Å²) in [6.45, 7) is 1.98. The monoisotopic (exact) mass is 368 g/mol. The number of hydrogen-bond donors (Lipinski definition) is 0.